The number of aromatic amines is 1. The molecule has 0 saturated heterocycles. The van der Waals surface area contributed by atoms with Crippen molar-refractivity contribution in [1.29, 1.82) is 0 Å². The van der Waals surface area contributed by atoms with Gasteiger partial charge in [0.1, 0.15) is 22.9 Å². The second-order valence-electron chi connectivity index (χ2n) is 6.96. The maximum Gasteiger partial charge on any atom is 0.128 e. The monoisotopic (exact) mass is 386 g/mol. The van der Waals surface area contributed by atoms with Crippen LogP contribution in [0.3, 0.4) is 0 Å². The minimum Gasteiger partial charge on any atom is -0.508 e. The highest BCUT2D eigenvalue weighted by Gasteiger charge is 2.19. The zero-order valence-electron chi connectivity index (χ0n) is 16.3. The SMILES string of the molecule is COc1ccc(-c2c(-c3cc(Cc4ccccc4)c(O)cc3O)n[nH]c2C)cc1. The highest BCUT2D eigenvalue weighted by molar-refractivity contribution is 5.85. The van der Waals surface area contributed by atoms with E-state index in [1.807, 2.05) is 61.5 Å². The van der Waals surface area contributed by atoms with Gasteiger partial charge in [-0.2, -0.15) is 5.10 Å². The molecule has 146 valence electrons. The summed E-state index contributed by atoms with van der Waals surface area (Å²) in [6.07, 6.45) is 0.557. The van der Waals surface area contributed by atoms with Crippen molar-refractivity contribution in [3.8, 4) is 39.6 Å². The predicted octanol–water partition coefficient (Wildman–Crippen LogP) is 5.06. The number of aromatic nitrogens is 2. The van der Waals surface area contributed by atoms with Gasteiger partial charge in [-0.05, 0) is 41.8 Å². The smallest absolute Gasteiger partial charge is 0.128 e. The van der Waals surface area contributed by atoms with Crippen LogP contribution in [0.15, 0.2) is 66.7 Å². The molecule has 0 unspecified atom stereocenters. The van der Waals surface area contributed by atoms with Crippen molar-refractivity contribution in [2.24, 2.45) is 0 Å². The van der Waals surface area contributed by atoms with Gasteiger partial charge in [0.05, 0.1) is 7.11 Å². The van der Waals surface area contributed by atoms with Crippen molar-refractivity contribution in [3.63, 3.8) is 0 Å². The summed E-state index contributed by atoms with van der Waals surface area (Å²) in [7, 11) is 1.63. The summed E-state index contributed by atoms with van der Waals surface area (Å²) in [4.78, 5) is 0. The fourth-order valence-electron chi connectivity index (χ4n) is 3.50. The number of ether oxygens (including phenoxy) is 1. The summed E-state index contributed by atoms with van der Waals surface area (Å²) in [5.41, 5.74) is 5.77. The molecule has 0 atom stereocenters. The van der Waals surface area contributed by atoms with Crippen LogP contribution in [0.5, 0.6) is 17.2 Å². The fourth-order valence-corrected chi connectivity index (χ4v) is 3.50. The molecule has 3 aromatic carbocycles. The van der Waals surface area contributed by atoms with E-state index in [0.717, 1.165) is 33.7 Å². The van der Waals surface area contributed by atoms with Crippen LogP contribution in [0.25, 0.3) is 22.4 Å². The highest BCUT2D eigenvalue weighted by Crippen LogP contribution is 2.40. The summed E-state index contributed by atoms with van der Waals surface area (Å²) in [5, 5.41) is 28.4. The number of aromatic hydroxyl groups is 2. The van der Waals surface area contributed by atoms with Crippen LogP contribution >= 0.6 is 0 Å². The van der Waals surface area contributed by atoms with Crippen molar-refractivity contribution < 1.29 is 14.9 Å². The predicted molar refractivity (Wildman–Crippen MR) is 113 cm³/mol. The molecular formula is C24H22N2O3. The third kappa shape index (κ3) is 3.67. The Kier molecular flexibility index (Phi) is 4.96. The molecule has 0 fully saturated rings. The molecule has 0 aliphatic carbocycles. The lowest BCUT2D eigenvalue weighted by atomic mass is 9.95. The average Bonchev–Trinajstić information content (AvgIpc) is 3.12. The van der Waals surface area contributed by atoms with Gasteiger partial charge in [0.15, 0.2) is 0 Å². The molecule has 29 heavy (non-hydrogen) atoms. The Balaban J connectivity index is 1.80. The van der Waals surface area contributed by atoms with Crippen LogP contribution < -0.4 is 4.74 Å². The zero-order valence-corrected chi connectivity index (χ0v) is 16.3. The van der Waals surface area contributed by atoms with Gasteiger partial charge < -0.3 is 14.9 Å². The standard InChI is InChI=1S/C24H22N2O3/c1-15-23(17-8-10-19(29-2)11-9-17)24(26-25-15)20-13-18(21(27)14-22(20)28)12-16-6-4-3-5-7-16/h3-11,13-14,27-28H,12H2,1-2H3,(H,25,26). The van der Waals surface area contributed by atoms with Crippen molar-refractivity contribution in [1.82, 2.24) is 10.2 Å². The molecule has 0 amide bonds. The lowest BCUT2D eigenvalue weighted by molar-refractivity contribution is 0.415. The van der Waals surface area contributed by atoms with E-state index in [2.05, 4.69) is 10.2 Å². The second-order valence-corrected chi connectivity index (χ2v) is 6.96. The number of aryl methyl sites for hydroxylation is 1. The van der Waals surface area contributed by atoms with Crippen molar-refractivity contribution >= 4 is 0 Å². The number of nitrogens with zero attached hydrogens (tertiary/aromatic N) is 1. The Hall–Kier alpha value is -3.73. The molecule has 0 radical (unpaired) electrons. The number of rotatable bonds is 5. The van der Waals surface area contributed by atoms with Gasteiger partial charge in [-0.25, -0.2) is 0 Å². The number of H-pyrrole nitrogens is 1. The van der Waals surface area contributed by atoms with Crippen LogP contribution in [0.2, 0.25) is 0 Å². The van der Waals surface area contributed by atoms with Crippen LogP contribution in [-0.2, 0) is 6.42 Å². The number of nitrogens with one attached hydrogen (secondary N) is 1. The molecule has 3 N–H and O–H groups in total. The van der Waals surface area contributed by atoms with Gasteiger partial charge in [0, 0.05) is 29.3 Å². The minimum atomic E-state index is -0.0134. The number of methoxy groups -OCH3 is 1. The molecule has 0 spiro atoms. The molecule has 0 aliphatic rings. The number of hydrogen-bond donors (Lipinski definition) is 3. The largest absolute Gasteiger partial charge is 0.508 e. The third-order valence-electron chi connectivity index (χ3n) is 5.02. The maximum absolute atomic E-state index is 10.6. The Morgan fingerprint density at radius 2 is 1.66 bits per heavy atom. The first-order chi connectivity index (χ1) is 14.1. The van der Waals surface area contributed by atoms with Crippen LogP contribution in [0.1, 0.15) is 16.8 Å². The lowest BCUT2D eigenvalue weighted by Crippen LogP contribution is -1.92. The zero-order chi connectivity index (χ0) is 20.4. The molecule has 0 bridgehead atoms. The second kappa shape index (κ2) is 7.72. The molecule has 4 rings (SSSR count). The molecule has 1 heterocycles. The summed E-state index contributed by atoms with van der Waals surface area (Å²) in [6, 6.07) is 20.8. The van der Waals surface area contributed by atoms with Crippen molar-refractivity contribution in [3.05, 3.63) is 83.6 Å². The molecular weight excluding hydrogens is 364 g/mol. The number of hydrogen-bond acceptors (Lipinski definition) is 4. The van der Waals surface area contributed by atoms with E-state index in [1.165, 1.54) is 6.07 Å². The number of benzene rings is 3. The molecule has 0 aliphatic heterocycles. The summed E-state index contributed by atoms with van der Waals surface area (Å²) < 4.78 is 5.25. The van der Waals surface area contributed by atoms with Gasteiger partial charge >= 0.3 is 0 Å². The van der Waals surface area contributed by atoms with Crippen LogP contribution in [0, 0.1) is 6.92 Å². The molecule has 1 aromatic heterocycles. The van der Waals surface area contributed by atoms with Crippen molar-refractivity contribution in [2.45, 2.75) is 13.3 Å². The summed E-state index contributed by atoms with van der Waals surface area (Å²) in [6.45, 7) is 1.94. The third-order valence-corrected chi connectivity index (χ3v) is 5.02. The first-order valence-corrected chi connectivity index (χ1v) is 9.35. The van der Waals surface area contributed by atoms with Gasteiger partial charge in [0.2, 0.25) is 0 Å². The van der Waals surface area contributed by atoms with E-state index >= 15 is 0 Å². The van der Waals surface area contributed by atoms with Crippen LogP contribution in [0.4, 0.5) is 0 Å². The molecule has 5 heteroatoms. The normalized spacial score (nSPS) is 10.8. The maximum atomic E-state index is 10.6. The fraction of sp³-hybridized carbons (Fsp3) is 0.125. The minimum absolute atomic E-state index is 0.0134. The van der Waals surface area contributed by atoms with Crippen LogP contribution in [-0.4, -0.2) is 27.5 Å². The van der Waals surface area contributed by atoms with E-state index in [0.29, 0.717) is 17.7 Å². The Bertz CT molecular complexity index is 1130. The van der Waals surface area contributed by atoms with Gasteiger partial charge in [-0.3, -0.25) is 5.10 Å². The van der Waals surface area contributed by atoms with E-state index in [1.54, 1.807) is 13.2 Å². The lowest BCUT2D eigenvalue weighted by Gasteiger charge is -2.11. The Morgan fingerprint density at radius 3 is 2.34 bits per heavy atom. The van der Waals surface area contributed by atoms with Gasteiger partial charge in [-0.1, -0.05) is 42.5 Å². The number of phenols is 2. The van der Waals surface area contributed by atoms with Gasteiger partial charge in [0.25, 0.3) is 0 Å². The Morgan fingerprint density at radius 1 is 0.931 bits per heavy atom. The highest BCUT2D eigenvalue weighted by atomic mass is 16.5. The van der Waals surface area contributed by atoms with E-state index in [9.17, 15) is 10.2 Å². The van der Waals surface area contributed by atoms with Gasteiger partial charge in [-0.15, -0.1) is 0 Å². The Labute approximate surface area is 169 Å². The summed E-state index contributed by atoms with van der Waals surface area (Å²) >= 11 is 0. The topological polar surface area (TPSA) is 78.4 Å². The van der Waals surface area contributed by atoms with Crippen molar-refractivity contribution in [2.75, 3.05) is 7.11 Å². The van der Waals surface area contributed by atoms with E-state index < -0.39 is 0 Å². The quantitative estimate of drug-likeness (QED) is 0.448. The first-order valence-electron chi connectivity index (χ1n) is 9.35. The number of phenolic OH excluding ortho intramolecular Hbond substituents is 2. The summed E-state index contributed by atoms with van der Waals surface area (Å²) in [5.74, 6) is 0.822. The molecule has 0 saturated carbocycles. The average molecular weight is 386 g/mol. The van der Waals surface area contributed by atoms with E-state index in [4.69, 9.17) is 4.74 Å². The molecule has 4 aromatic rings. The first kappa shape index (κ1) is 18.6. The van der Waals surface area contributed by atoms with E-state index in [-0.39, 0.29) is 11.5 Å². The molecule has 5 nitrogen and oxygen atoms in total.